The molecule has 0 radical (unpaired) electrons. The predicted molar refractivity (Wildman–Crippen MR) is 77.0 cm³/mol. The van der Waals surface area contributed by atoms with E-state index in [1.807, 2.05) is 0 Å². The number of nitrogens with one attached hydrogen (secondary N) is 1. The fourth-order valence-corrected chi connectivity index (χ4v) is 2.54. The average molecular weight is 297 g/mol. The largest absolute Gasteiger partial charge is 0.480 e. The number of carboxylic acid groups (broad SMARTS) is 1. The Morgan fingerprint density at radius 2 is 2.25 bits per heavy atom. The summed E-state index contributed by atoms with van der Waals surface area (Å²) >= 11 is 5.92. The molecule has 1 saturated heterocycles. The van der Waals surface area contributed by atoms with Crippen LogP contribution in [0.25, 0.3) is 0 Å². The molecule has 0 spiro atoms. The van der Waals surface area contributed by atoms with Gasteiger partial charge in [-0.3, -0.25) is 9.59 Å². The lowest BCUT2D eigenvalue weighted by molar-refractivity contribution is -0.137. The van der Waals surface area contributed by atoms with E-state index in [-0.39, 0.29) is 18.4 Å². The van der Waals surface area contributed by atoms with Crippen molar-refractivity contribution in [2.45, 2.75) is 12.8 Å². The van der Waals surface area contributed by atoms with Crippen molar-refractivity contribution in [1.82, 2.24) is 5.32 Å². The third-order valence-electron chi connectivity index (χ3n) is 3.33. The van der Waals surface area contributed by atoms with Crippen molar-refractivity contribution in [2.24, 2.45) is 5.92 Å². The first kappa shape index (κ1) is 14.8. The van der Waals surface area contributed by atoms with E-state index in [1.165, 1.54) is 4.90 Å². The number of hydrogen-bond acceptors (Lipinski definition) is 3. The van der Waals surface area contributed by atoms with Crippen LogP contribution in [0.2, 0.25) is 5.02 Å². The molecule has 6 heteroatoms. The number of carbonyl (C=O) groups is 2. The number of carboxylic acids is 1. The van der Waals surface area contributed by atoms with Crippen LogP contribution >= 0.6 is 11.6 Å². The summed E-state index contributed by atoms with van der Waals surface area (Å²) in [5.41, 5.74) is 0.524. The number of benzene rings is 1. The average Bonchev–Trinajstić information content (AvgIpc) is 2.45. The molecule has 1 fully saturated rings. The number of nitrogens with zero attached hydrogens (tertiary/aromatic N) is 1. The highest BCUT2D eigenvalue weighted by Crippen LogP contribution is 2.23. The van der Waals surface area contributed by atoms with Gasteiger partial charge in [-0.2, -0.15) is 0 Å². The molecular formula is C14H17ClN2O3. The monoisotopic (exact) mass is 296 g/mol. The normalized spacial score (nSPS) is 18.6. The maximum absolute atomic E-state index is 12.5. The van der Waals surface area contributed by atoms with Gasteiger partial charge in [0.1, 0.15) is 6.54 Å². The molecule has 1 aromatic rings. The van der Waals surface area contributed by atoms with Gasteiger partial charge in [-0.05, 0) is 37.6 Å². The number of hydrogen-bond donors (Lipinski definition) is 2. The van der Waals surface area contributed by atoms with E-state index in [2.05, 4.69) is 5.32 Å². The van der Waals surface area contributed by atoms with Crippen molar-refractivity contribution in [3.05, 3.63) is 29.3 Å². The number of halogens is 1. The van der Waals surface area contributed by atoms with E-state index >= 15 is 0 Å². The van der Waals surface area contributed by atoms with E-state index in [4.69, 9.17) is 16.7 Å². The number of rotatable bonds is 4. The first-order valence-corrected chi connectivity index (χ1v) is 6.95. The summed E-state index contributed by atoms with van der Waals surface area (Å²) in [6, 6.07) is 6.71. The van der Waals surface area contributed by atoms with Crippen LogP contribution in [-0.2, 0) is 9.59 Å². The van der Waals surface area contributed by atoms with Gasteiger partial charge < -0.3 is 15.3 Å². The Morgan fingerprint density at radius 3 is 2.85 bits per heavy atom. The quantitative estimate of drug-likeness (QED) is 0.888. The molecule has 108 valence electrons. The summed E-state index contributed by atoms with van der Waals surface area (Å²) in [5.74, 6) is -1.38. The predicted octanol–water partition coefficient (Wildman–Crippen LogP) is 1.76. The van der Waals surface area contributed by atoms with Crippen molar-refractivity contribution in [1.29, 1.82) is 0 Å². The molecule has 2 rings (SSSR count). The first-order valence-electron chi connectivity index (χ1n) is 6.57. The van der Waals surface area contributed by atoms with Crippen LogP contribution in [-0.4, -0.2) is 36.6 Å². The lowest BCUT2D eigenvalue weighted by Crippen LogP contribution is -2.45. The van der Waals surface area contributed by atoms with E-state index in [0.29, 0.717) is 17.3 Å². The highest BCUT2D eigenvalue weighted by molar-refractivity contribution is 6.31. The molecule has 1 atom stereocenters. The smallest absolute Gasteiger partial charge is 0.323 e. The lowest BCUT2D eigenvalue weighted by Gasteiger charge is -2.28. The summed E-state index contributed by atoms with van der Waals surface area (Å²) in [7, 11) is 0. The molecule has 0 unspecified atom stereocenters. The summed E-state index contributed by atoms with van der Waals surface area (Å²) < 4.78 is 0. The van der Waals surface area contributed by atoms with Crippen LogP contribution in [0.4, 0.5) is 5.69 Å². The molecule has 0 bridgehead atoms. The van der Waals surface area contributed by atoms with Crippen molar-refractivity contribution in [2.75, 3.05) is 24.5 Å². The molecule has 1 heterocycles. The zero-order valence-electron chi connectivity index (χ0n) is 11.0. The second-order valence-electron chi connectivity index (χ2n) is 4.84. The van der Waals surface area contributed by atoms with Crippen molar-refractivity contribution in [3.8, 4) is 0 Å². The van der Waals surface area contributed by atoms with E-state index in [9.17, 15) is 9.59 Å². The summed E-state index contributed by atoms with van der Waals surface area (Å²) in [6.45, 7) is 1.14. The van der Waals surface area contributed by atoms with Crippen molar-refractivity contribution >= 4 is 29.2 Å². The minimum Gasteiger partial charge on any atom is -0.480 e. The minimum atomic E-state index is -1.04. The Labute approximate surface area is 122 Å². The van der Waals surface area contributed by atoms with E-state index in [1.54, 1.807) is 24.3 Å². The van der Waals surface area contributed by atoms with Crippen molar-refractivity contribution < 1.29 is 14.7 Å². The molecule has 20 heavy (non-hydrogen) atoms. The van der Waals surface area contributed by atoms with Crippen molar-refractivity contribution in [3.63, 3.8) is 0 Å². The Kier molecular flexibility index (Phi) is 4.98. The number of anilines is 1. The number of carbonyl (C=O) groups excluding carboxylic acids is 1. The maximum atomic E-state index is 12.5. The van der Waals surface area contributed by atoms with Crippen LogP contribution in [0.1, 0.15) is 12.8 Å². The van der Waals surface area contributed by atoms with Gasteiger partial charge in [0.2, 0.25) is 5.91 Å². The van der Waals surface area contributed by atoms with Crippen LogP contribution in [0.5, 0.6) is 0 Å². The molecule has 2 N–H and O–H groups in total. The standard InChI is InChI=1S/C14H17ClN2O3/c15-11-4-1-5-12(7-11)17(9-13(18)19)14(20)10-3-2-6-16-8-10/h1,4-5,7,10,16H,2-3,6,8-9H2,(H,18,19)/t10-/m0/s1. The molecule has 1 aliphatic rings. The zero-order valence-corrected chi connectivity index (χ0v) is 11.8. The SMILES string of the molecule is O=C(O)CN(C(=O)[C@H]1CCCNC1)c1cccc(Cl)c1. The highest BCUT2D eigenvalue weighted by atomic mass is 35.5. The summed E-state index contributed by atoms with van der Waals surface area (Å²) in [5, 5.41) is 12.7. The fraction of sp³-hybridized carbons (Fsp3) is 0.429. The third-order valence-corrected chi connectivity index (χ3v) is 3.56. The molecular weight excluding hydrogens is 280 g/mol. The first-order chi connectivity index (χ1) is 9.58. The molecule has 0 aliphatic carbocycles. The number of amides is 1. The van der Waals surface area contributed by atoms with E-state index in [0.717, 1.165) is 19.4 Å². The van der Waals surface area contributed by atoms with E-state index < -0.39 is 5.97 Å². The Hall–Kier alpha value is -1.59. The van der Waals surface area contributed by atoms with Gasteiger partial charge in [0.15, 0.2) is 0 Å². The van der Waals surface area contributed by atoms with Gasteiger partial charge in [0.25, 0.3) is 0 Å². The Bertz CT molecular complexity index is 501. The minimum absolute atomic E-state index is 0.165. The zero-order chi connectivity index (χ0) is 14.5. The molecule has 1 aromatic carbocycles. The fourth-order valence-electron chi connectivity index (χ4n) is 2.36. The molecule has 1 amide bonds. The topological polar surface area (TPSA) is 69.6 Å². The van der Waals surface area contributed by atoms with Crippen LogP contribution < -0.4 is 10.2 Å². The van der Waals surface area contributed by atoms with Gasteiger partial charge in [-0.1, -0.05) is 17.7 Å². The molecule has 0 aromatic heterocycles. The molecule has 1 aliphatic heterocycles. The highest BCUT2D eigenvalue weighted by Gasteiger charge is 2.28. The molecule has 0 saturated carbocycles. The van der Waals surface area contributed by atoms with Gasteiger partial charge in [-0.25, -0.2) is 0 Å². The Morgan fingerprint density at radius 1 is 1.45 bits per heavy atom. The van der Waals surface area contributed by atoms with Crippen LogP contribution in [0, 0.1) is 5.92 Å². The summed E-state index contributed by atoms with van der Waals surface area (Å²) in [4.78, 5) is 24.8. The Balaban J connectivity index is 2.22. The lowest BCUT2D eigenvalue weighted by atomic mass is 9.98. The summed E-state index contributed by atoms with van der Waals surface area (Å²) in [6.07, 6.45) is 1.70. The number of aliphatic carboxylic acids is 1. The van der Waals surface area contributed by atoms with Gasteiger partial charge in [0.05, 0.1) is 5.92 Å². The maximum Gasteiger partial charge on any atom is 0.323 e. The second-order valence-corrected chi connectivity index (χ2v) is 5.28. The van der Waals surface area contributed by atoms with Gasteiger partial charge in [-0.15, -0.1) is 0 Å². The second kappa shape index (κ2) is 6.72. The third kappa shape index (κ3) is 3.71. The van der Waals surface area contributed by atoms with Crippen LogP contribution in [0.3, 0.4) is 0 Å². The van der Waals surface area contributed by atoms with Crippen LogP contribution in [0.15, 0.2) is 24.3 Å². The molecule has 5 nitrogen and oxygen atoms in total. The van der Waals surface area contributed by atoms with Gasteiger partial charge >= 0.3 is 5.97 Å². The van der Waals surface area contributed by atoms with Gasteiger partial charge in [0, 0.05) is 17.3 Å². The number of piperidine rings is 1.